The van der Waals surface area contributed by atoms with Crippen molar-refractivity contribution >= 4 is 17.8 Å². The maximum absolute atomic E-state index is 13.1. The summed E-state index contributed by atoms with van der Waals surface area (Å²) in [5.41, 5.74) is 0. The third kappa shape index (κ3) is 7.94. The van der Waals surface area contributed by atoms with E-state index in [2.05, 4.69) is 16.3 Å². The van der Waals surface area contributed by atoms with Crippen molar-refractivity contribution in [3.05, 3.63) is 0 Å². The van der Waals surface area contributed by atoms with E-state index < -0.39 is 42.4 Å². The molecule has 4 aliphatic rings. The van der Waals surface area contributed by atoms with Gasteiger partial charge in [0, 0.05) is 37.9 Å². The zero-order valence-electron chi connectivity index (χ0n) is 24.5. The molecule has 4 heterocycles. The summed E-state index contributed by atoms with van der Waals surface area (Å²) in [6.07, 6.45) is -0.758. The van der Waals surface area contributed by atoms with Gasteiger partial charge in [-0.1, -0.05) is 6.92 Å². The molecule has 230 valence electrons. The first-order chi connectivity index (χ1) is 19.5. The van der Waals surface area contributed by atoms with Crippen LogP contribution in [-0.4, -0.2) is 121 Å². The second-order valence-electron chi connectivity index (χ2n) is 11.8. The van der Waals surface area contributed by atoms with Gasteiger partial charge in [-0.3, -0.25) is 14.4 Å². The van der Waals surface area contributed by atoms with Crippen molar-refractivity contribution in [2.24, 2.45) is 5.92 Å². The number of fused-ring (bicyclic) bond motifs is 1. The molecule has 2 N–H and O–H groups in total. The number of piperidine rings is 1. The highest BCUT2D eigenvalue weighted by Crippen LogP contribution is 2.37. The molecule has 2 unspecified atom stereocenters. The van der Waals surface area contributed by atoms with Crippen LogP contribution in [0.15, 0.2) is 0 Å². The largest absolute Gasteiger partial charge is 0.466 e. The Morgan fingerprint density at radius 1 is 1.15 bits per heavy atom. The molecule has 41 heavy (non-hydrogen) atoms. The van der Waals surface area contributed by atoms with Gasteiger partial charge < -0.3 is 43.9 Å². The lowest BCUT2D eigenvalue weighted by molar-refractivity contribution is -0.216. The highest BCUT2D eigenvalue weighted by atomic mass is 16.8. The highest BCUT2D eigenvalue weighted by Gasteiger charge is 2.54. The fourth-order valence-corrected chi connectivity index (χ4v) is 6.03. The maximum atomic E-state index is 13.1. The Kier molecular flexibility index (Phi) is 10.6. The van der Waals surface area contributed by atoms with E-state index in [9.17, 15) is 24.8 Å². The van der Waals surface area contributed by atoms with Gasteiger partial charge >= 0.3 is 11.9 Å². The van der Waals surface area contributed by atoms with E-state index in [0.717, 1.165) is 25.9 Å². The SMILES string of the molecule is CCOC(=O)CCCC(=O)OC1C(C)CN(C(=O)CNC2CCN(C[C@H]3O[C@@H]4OC(C)(C)O[C@@H]4[C@H]3O)CC2)[C@@H]1C#N. The molecule has 4 rings (SSSR count). The number of aliphatic hydroxyl groups excluding tert-OH is 1. The molecule has 0 aromatic carbocycles. The summed E-state index contributed by atoms with van der Waals surface area (Å²) in [6, 6.07) is 1.43. The Balaban J connectivity index is 1.16. The van der Waals surface area contributed by atoms with Crippen LogP contribution in [0, 0.1) is 17.2 Å². The molecular weight excluding hydrogens is 536 g/mol. The van der Waals surface area contributed by atoms with Crippen molar-refractivity contribution in [3.8, 4) is 6.07 Å². The number of nitrogens with one attached hydrogen (secondary N) is 1. The Morgan fingerprint density at radius 2 is 1.85 bits per heavy atom. The van der Waals surface area contributed by atoms with Gasteiger partial charge in [0.05, 0.1) is 19.2 Å². The monoisotopic (exact) mass is 580 g/mol. The molecular formula is C28H44N4O9. The van der Waals surface area contributed by atoms with Crippen molar-refractivity contribution in [1.82, 2.24) is 15.1 Å². The second kappa shape index (κ2) is 13.8. The van der Waals surface area contributed by atoms with Gasteiger partial charge in [-0.25, -0.2) is 0 Å². The molecule has 13 nitrogen and oxygen atoms in total. The Morgan fingerprint density at radius 3 is 2.51 bits per heavy atom. The van der Waals surface area contributed by atoms with E-state index in [4.69, 9.17) is 23.7 Å². The smallest absolute Gasteiger partial charge is 0.306 e. The van der Waals surface area contributed by atoms with Crippen LogP contribution in [-0.2, 0) is 38.1 Å². The molecule has 0 aromatic heterocycles. The normalized spacial score (nSPS) is 33.4. The standard InChI is InChI=1S/C28H44N4O9/c1-5-37-22(34)7-6-8-23(35)39-25-17(2)15-32(19(25)13-29)21(33)14-30-18-9-11-31(12-10-18)16-20-24(36)26-27(38-20)41-28(3,4)40-26/h17-20,24-27,30,36H,5-12,14-16H2,1-4H3/t17?,19-,20-,24+,25?,26-,27-/m1/s1. The average molecular weight is 581 g/mol. The van der Waals surface area contributed by atoms with Crippen molar-refractivity contribution in [2.45, 2.75) is 108 Å². The Bertz CT molecular complexity index is 980. The highest BCUT2D eigenvalue weighted by molar-refractivity contribution is 5.80. The average Bonchev–Trinajstić information content (AvgIpc) is 3.50. The molecule has 1 amide bonds. The van der Waals surface area contributed by atoms with E-state index in [1.807, 2.05) is 6.92 Å². The predicted octanol–water partition coefficient (Wildman–Crippen LogP) is 0.293. The van der Waals surface area contributed by atoms with Crippen molar-refractivity contribution in [3.63, 3.8) is 0 Å². The molecule has 0 aromatic rings. The van der Waals surface area contributed by atoms with Crippen molar-refractivity contribution in [1.29, 1.82) is 5.26 Å². The van der Waals surface area contributed by atoms with Crippen LogP contribution in [0.5, 0.6) is 0 Å². The first kappa shape index (κ1) is 31.6. The van der Waals surface area contributed by atoms with Gasteiger partial charge in [-0.2, -0.15) is 5.26 Å². The number of hydrogen-bond donors (Lipinski definition) is 2. The summed E-state index contributed by atoms with van der Waals surface area (Å²) in [5.74, 6) is -2.01. The van der Waals surface area contributed by atoms with Gasteiger partial charge in [0.2, 0.25) is 5.91 Å². The van der Waals surface area contributed by atoms with Crippen LogP contribution >= 0.6 is 0 Å². The molecule has 0 aliphatic carbocycles. The molecule has 4 fully saturated rings. The molecule has 13 heteroatoms. The van der Waals surface area contributed by atoms with Crippen LogP contribution in [0.25, 0.3) is 0 Å². The van der Waals surface area contributed by atoms with Gasteiger partial charge in [0.25, 0.3) is 0 Å². The van der Waals surface area contributed by atoms with Crippen LogP contribution < -0.4 is 5.32 Å². The zero-order chi connectivity index (χ0) is 29.7. The van der Waals surface area contributed by atoms with Crippen molar-refractivity contribution in [2.75, 3.05) is 39.3 Å². The number of rotatable bonds is 11. The number of esters is 2. The Labute approximate surface area is 241 Å². The van der Waals surface area contributed by atoms with E-state index in [1.165, 1.54) is 4.90 Å². The van der Waals surface area contributed by atoms with E-state index in [1.54, 1.807) is 20.8 Å². The number of nitriles is 1. The summed E-state index contributed by atoms with van der Waals surface area (Å²) in [6.45, 7) is 10.0. The van der Waals surface area contributed by atoms with Gasteiger partial charge in [0.1, 0.15) is 24.4 Å². The van der Waals surface area contributed by atoms with E-state index in [-0.39, 0.29) is 55.9 Å². The molecule has 0 saturated carbocycles. The lowest BCUT2D eigenvalue weighted by atomic mass is 10.0. The molecule has 0 bridgehead atoms. The third-order valence-corrected chi connectivity index (χ3v) is 8.16. The molecule has 4 saturated heterocycles. The third-order valence-electron chi connectivity index (χ3n) is 8.16. The number of hydrogen-bond acceptors (Lipinski definition) is 12. The topological polar surface area (TPSA) is 160 Å². The van der Waals surface area contributed by atoms with Crippen LogP contribution in [0.4, 0.5) is 0 Å². The minimum Gasteiger partial charge on any atom is -0.466 e. The summed E-state index contributed by atoms with van der Waals surface area (Å²) >= 11 is 0. The predicted molar refractivity (Wildman–Crippen MR) is 143 cm³/mol. The lowest BCUT2D eigenvalue weighted by Gasteiger charge is -2.35. The van der Waals surface area contributed by atoms with Crippen molar-refractivity contribution < 1.29 is 43.2 Å². The summed E-state index contributed by atoms with van der Waals surface area (Å²) < 4.78 is 27.9. The van der Waals surface area contributed by atoms with E-state index >= 15 is 0 Å². The summed E-state index contributed by atoms with van der Waals surface area (Å²) in [4.78, 5) is 40.6. The number of amides is 1. The molecule has 4 aliphatic heterocycles. The van der Waals surface area contributed by atoms with Gasteiger partial charge in [0.15, 0.2) is 18.1 Å². The fraction of sp³-hybridized carbons (Fsp3) is 0.857. The second-order valence-corrected chi connectivity index (χ2v) is 11.8. The number of aliphatic hydroxyl groups is 1. The number of nitrogens with zero attached hydrogens (tertiary/aromatic N) is 3. The first-order valence-electron chi connectivity index (χ1n) is 14.7. The van der Waals surface area contributed by atoms with Crippen LogP contribution in [0.3, 0.4) is 0 Å². The molecule has 0 radical (unpaired) electrons. The minimum atomic E-state index is -0.856. The van der Waals surface area contributed by atoms with Gasteiger partial charge in [-0.15, -0.1) is 0 Å². The molecule has 7 atom stereocenters. The molecule has 0 spiro atoms. The fourth-order valence-electron chi connectivity index (χ4n) is 6.03. The lowest BCUT2D eigenvalue weighted by Crippen LogP contribution is -2.50. The minimum absolute atomic E-state index is 0.0428. The van der Waals surface area contributed by atoms with Crippen LogP contribution in [0.2, 0.25) is 0 Å². The maximum Gasteiger partial charge on any atom is 0.306 e. The number of carbonyl (C=O) groups is 3. The van der Waals surface area contributed by atoms with Crippen LogP contribution in [0.1, 0.15) is 59.8 Å². The number of ether oxygens (including phenoxy) is 5. The summed E-state index contributed by atoms with van der Waals surface area (Å²) in [5, 5.41) is 23.8. The first-order valence-corrected chi connectivity index (χ1v) is 14.7. The summed E-state index contributed by atoms with van der Waals surface area (Å²) in [7, 11) is 0. The Hall–Kier alpha value is -2.34. The quantitative estimate of drug-likeness (QED) is 0.322. The van der Waals surface area contributed by atoms with Gasteiger partial charge in [-0.05, 0) is 53.1 Å². The number of likely N-dealkylation sites (tertiary alicyclic amines) is 2. The zero-order valence-corrected chi connectivity index (χ0v) is 24.5. The number of carbonyl (C=O) groups excluding carboxylic acids is 3. The van der Waals surface area contributed by atoms with E-state index in [0.29, 0.717) is 19.5 Å².